The number of hydrogen-bond acceptors (Lipinski definition) is 4. The van der Waals surface area contributed by atoms with Crippen molar-refractivity contribution >= 4 is 5.97 Å². The summed E-state index contributed by atoms with van der Waals surface area (Å²) in [5.41, 5.74) is 0. The van der Waals surface area contributed by atoms with Gasteiger partial charge in [0.25, 0.3) is 0 Å². The molecule has 1 unspecified atom stereocenters. The molecule has 0 aromatic rings. The largest absolute Gasteiger partial charge is 0.468 e. The summed E-state index contributed by atoms with van der Waals surface area (Å²) in [7, 11) is 3.53. The molecule has 0 aliphatic heterocycles. The molecule has 0 aromatic carbocycles. The Labute approximate surface area is 106 Å². The Morgan fingerprint density at radius 1 is 1.29 bits per heavy atom. The third kappa shape index (κ3) is 8.16. The Morgan fingerprint density at radius 2 is 1.88 bits per heavy atom. The van der Waals surface area contributed by atoms with Crippen LogP contribution in [0.2, 0.25) is 0 Å². The van der Waals surface area contributed by atoms with Gasteiger partial charge in [-0.1, -0.05) is 27.7 Å². The second kappa shape index (κ2) is 8.48. The average molecular weight is 244 g/mol. The molecule has 0 aliphatic carbocycles. The lowest BCUT2D eigenvalue weighted by Crippen LogP contribution is -2.43. The van der Waals surface area contributed by atoms with Gasteiger partial charge in [0.05, 0.1) is 7.11 Å². The van der Waals surface area contributed by atoms with Crippen LogP contribution in [-0.2, 0) is 9.53 Å². The molecule has 0 amide bonds. The standard InChI is InChI=1S/C13H28N2O2/c1-10(2)9-15(5)8-7-12(13(16)17-6)14-11(3)4/h10-12,14H,7-9H2,1-6H3. The Hall–Kier alpha value is -0.610. The molecular formula is C13H28N2O2. The quantitative estimate of drug-likeness (QED) is 0.657. The highest BCUT2D eigenvalue weighted by Crippen LogP contribution is 2.02. The van der Waals surface area contributed by atoms with Crippen LogP contribution in [-0.4, -0.2) is 50.2 Å². The van der Waals surface area contributed by atoms with Gasteiger partial charge < -0.3 is 15.0 Å². The summed E-state index contributed by atoms with van der Waals surface area (Å²) in [5.74, 6) is 0.478. The fraction of sp³-hybridized carbons (Fsp3) is 0.923. The van der Waals surface area contributed by atoms with Crippen LogP contribution in [0, 0.1) is 5.92 Å². The number of carbonyl (C=O) groups is 1. The van der Waals surface area contributed by atoms with E-state index >= 15 is 0 Å². The van der Waals surface area contributed by atoms with Crippen LogP contribution in [0.4, 0.5) is 0 Å². The van der Waals surface area contributed by atoms with Crippen molar-refractivity contribution in [1.82, 2.24) is 10.2 Å². The van der Waals surface area contributed by atoms with Crippen molar-refractivity contribution in [3.8, 4) is 0 Å². The summed E-state index contributed by atoms with van der Waals surface area (Å²) >= 11 is 0. The topological polar surface area (TPSA) is 41.6 Å². The van der Waals surface area contributed by atoms with Crippen molar-refractivity contribution in [2.24, 2.45) is 5.92 Å². The zero-order chi connectivity index (χ0) is 13.4. The minimum atomic E-state index is -0.199. The first-order valence-electron chi connectivity index (χ1n) is 6.39. The van der Waals surface area contributed by atoms with Crippen LogP contribution in [0.3, 0.4) is 0 Å². The van der Waals surface area contributed by atoms with Gasteiger partial charge in [-0.15, -0.1) is 0 Å². The van der Waals surface area contributed by atoms with Crippen molar-refractivity contribution in [3.05, 3.63) is 0 Å². The fourth-order valence-electron chi connectivity index (χ4n) is 1.88. The number of nitrogens with zero attached hydrogens (tertiary/aromatic N) is 1. The van der Waals surface area contributed by atoms with E-state index in [1.54, 1.807) is 0 Å². The zero-order valence-corrected chi connectivity index (χ0v) is 12.1. The summed E-state index contributed by atoms with van der Waals surface area (Å²) in [6.45, 7) is 10.4. The molecular weight excluding hydrogens is 216 g/mol. The second-order valence-corrected chi connectivity index (χ2v) is 5.34. The molecule has 0 aliphatic rings. The second-order valence-electron chi connectivity index (χ2n) is 5.34. The third-order valence-corrected chi connectivity index (χ3v) is 2.50. The van der Waals surface area contributed by atoms with Gasteiger partial charge in [0, 0.05) is 12.6 Å². The number of methoxy groups -OCH3 is 1. The van der Waals surface area contributed by atoms with E-state index in [1.165, 1.54) is 7.11 Å². The van der Waals surface area contributed by atoms with Gasteiger partial charge in [0.2, 0.25) is 0 Å². The minimum absolute atomic E-state index is 0.170. The van der Waals surface area contributed by atoms with Crippen LogP contribution in [0.5, 0.6) is 0 Å². The number of hydrogen-bond donors (Lipinski definition) is 1. The molecule has 0 bridgehead atoms. The number of carbonyl (C=O) groups excluding carboxylic acids is 1. The molecule has 0 saturated carbocycles. The maximum absolute atomic E-state index is 11.6. The lowest BCUT2D eigenvalue weighted by molar-refractivity contribution is -0.143. The molecule has 0 saturated heterocycles. The normalized spacial score (nSPS) is 13.5. The van der Waals surface area contributed by atoms with Crippen molar-refractivity contribution in [2.45, 2.75) is 46.2 Å². The van der Waals surface area contributed by atoms with Gasteiger partial charge in [-0.05, 0) is 25.9 Å². The van der Waals surface area contributed by atoms with E-state index in [0.717, 1.165) is 19.5 Å². The van der Waals surface area contributed by atoms with E-state index in [0.29, 0.717) is 5.92 Å². The first-order chi connectivity index (χ1) is 7.86. The van der Waals surface area contributed by atoms with Crippen molar-refractivity contribution in [2.75, 3.05) is 27.2 Å². The summed E-state index contributed by atoms with van der Waals surface area (Å²) in [6, 6.07) is 0.0871. The highest BCUT2D eigenvalue weighted by molar-refractivity contribution is 5.75. The van der Waals surface area contributed by atoms with E-state index in [9.17, 15) is 4.79 Å². The lowest BCUT2D eigenvalue weighted by atomic mass is 10.1. The van der Waals surface area contributed by atoms with Crippen LogP contribution in [0.1, 0.15) is 34.1 Å². The Bertz CT molecular complexity index is 217. The maximum Gasteiger partial charge on any atom is 0.322 e. The van der Waals surface area contributed by atoms with E-state index in [1.807, 2.05) is 13.8 Å². The molecule has 0 radical (unpaired) electrons. The first kappa shape index (κ1) is 16.4. The predicted octanol–water partition coefficient (Wildman–Crippen LogP) is 1.50. The summed E-state index contributed by atoms with van der Waals surface area (Å²) in [4.78, 5) is 13.8. The highest BCUT2D eigenvalue weighted by Gasteiger charge is 2.20. The number of rotatable bonds is 8. The first-order valence-corrected chi connectivity index (χ1v) is 6.39. The van der Waals surface area contributed by atoms with Crippen molar-refractivity contribution in [1.29, 1.82) is 0 Å². The van der Waals surface area contributed by atoms with Gasteiger partial charge in [0.1, 0.15) is 6.04 Å². The summed E-state index contributed by atoms with van der Waals surface area (Å²) < 4.78 is 4.81. The van der Waals surface area contributed by atoms with Gasteiger partial charge in [0.15, 0.2) is 0 Å². The molecule has 4 nitrogen and oxygen atoms in total. The van der Waals surface area contributed by atoms with Crippen LogP contribution >= 0.6 is 0 Å². The van der Waals surface area contributed by atoms with Crippen LogP contribution < -0.4 is 5.32 Å². The molecule has 0 spiro atoms. The minimum Gasteiger partial charge on any atom is -0.468 e. The molecule has 1 atom stereocenters. The third-order valence-electron chi connectivity index (χ3n) is 2.50. The molecule has 0 aromatic heterocycles. The molecule has 4 heteroatoms. The number of nitrogens with one attached hydrogen (secondary N) is 1. The van der Waals surface area contributed by atoms with E-state index in [4.69, 9.17) is 4.74 Å². The van der Waals surface area contributed by atoms with Gasteiger partial charge >= 0.3 is 5.97 Å². The van der Waals surface area contributed by atoms with Crippen molar-refractivity contribution in [3.63, 3.8) is 0 Å². The molecule has 102 valence electrons. The molecule has 17 heavy (non-hydrogen) atoms. The Kier molecular flexibility index (Phi) is 8.17. The Morgan fingerprint density at radius 3 is 2.29 bits per heavy atom. The van der Waals surface area contributed by atoms with Crippen molar-refractivity contribution < 1.29 is 9.53 Å². The summed E-state index contributed by atoms with van der Waals surface area (Å²) in [5, 5.41) is 3.24. The fourth-order valence-corrected chi connectivity index (χ4v) is 1.88. The van der Waals surface area contributed by atoms with Gasteiger partial charge in [-0.25, -0.2) is 0 Å². The smallest absolute Gasteiger partial charge is 0.322 e. The molecule has 1 N–H and O–H groups in total. The van der Waals surface area contributed by atoms with Crippen LogP contribution in [0.25, 0.3) is 0 Å². The molecule has 0 rings (SSSR count). The highest BCUT2D eigenvalue weighted by atomic mass is 16.5. The van der Waals surface area contributed by atoms with Gasteiger partial charge in [-0.2, -0.15) is 0 Å². The van der Waals surface area contributed by atoms with E-state index < -0.39 is 0 Å². The summed E-state index contributed by atoms with van der Waals surface area (Å²) in [6.07, 6.45) is 0.786. The number of ether oxygens (including phenoxy) is 1. The lowest BCUT2D eigenvalue weighted by Gasteiger charge is -2.23. The average Bonchev–Trinajstić information content (AvgIpc) is 2.21. The predicted molar refractivity (Wildman–Crippen MR) is 71.0 cm³/mol. The monoisotopic (exact) mass is 244 g/mol. The zero-order valence-electron chi connectivity index (χ0n) is 12.1. The van der Waals surface area contributed by atoms with Crippen LogP contribution in [0.15, 0.2) is 0 Å². The van der Waals surface area contributed by atoms with E-state index in [-0.39, 0.29) is 18.1 Å². The maximum atomic E-state index is 11.6. The Balaban J connectivity index is 4.11. The van der Waals surface area contributed by atoms with Gasteiger partial charge in [-0.3, -0.25) is 4.79 Å². The van der Waals surface area contributed by atoms with E-state index in [2.05, 4.69) is 31.1 Å². The number of esters is 1. The molecule has 0 fully saturated rings. The SMILES string of the molecule is COC(=O)C(CCN(C)CC(C)C)NC(C)C. The molecule has 0 heterocycles.